The SMILES string of the molecule is CC1OCCC1C(Br)Cc1nc2ccccc2o1. The zero-order valence-electron chi connectivity index (χ0n) is 10.3. The van der Waals surface area contributed by atoms with Crippen LogP contribution in [0.4, 0.5) is 0 Å². The summed E-state index contributed by atoms with van der Waals surface area (Å²) in [4.78, 5) is 4.88. The monoisotopic (exact) mass is 309 g/mol. The molecule has 1 aromatic heterocycles. The van der Waals surface area contributed by atoms with Crippen molar-refractivity contribution in [3.8, 4) is 0 Å². The number of para-hydroxylation sites is 2. The second kappa shape index (κ2) is 5.02. The number of alkyl halides is 1. The third-order valence-corrected chi connectivity index (χ3v) is 4.61. The van der Waals surface area contributed by atoms with Gasteiger partial charge in [-0.2, -0.15) is 0 Å². The third kappa shape index (κ3) is 2.31. The van der Waals surface area contributed by atoms with Crippen molar-refractivity contribution in [3.05, 3.63) is 30.2 Å². The number of benzene rings is 1. The predicted molar refractivity (Wildman–Crippen MR) is 73.9 cm³/mol. The molecule has 3 atom stereocenters. The summed E-state index contributed by atoms with van der Waals surface area (Å²) in [5, 5.41) is 0. The Labute approximate surface area is 115 Å². The molecule has 2 aromatic rings. The summed E-state index contributed by atoms with van der Waals surface area (Å²) < 4.78 is 11.4. The minimum absolute atomic E-state index is 0.318. The van der Waals surface area contributed by atoms with Gasteiger partial charge in [-0.3, -0.25) is 0 Å². The first-order valence-corrected chi connectivity index (χ1v) is 7.26. The highest BCUT2D eigenvalue weighted by molar-refractivity contribution is 9.09. The number of rotatable bonds is 3. The molecule has 1 fully saturated rings. The van der Waals surface area contributed by atoms with E-state index >= 15 is 0 Å². The molecule has 0 spiro atoms. The van der Waals surface area contributed by atoms with Gasteiger partial charge < -0.3 is 9.15 Å². The summed E-state index contributed by atoms with van der Waals surface area (Å²) in [7, 11) is 0. The van der Waals surface area contributed by atoms with Crippen molar-refractivity contribution >= 4 is 27.0 Å². The van der Waals surface area contributed by atoms with Gasteiger partial charge in [-0.05, 0) is 31.4 Å². The van der Waals surface area contributed by atoms with Gasteiger partial charge in [0.15, 0.2) is 11.5 Å². The molecule has 2 heterocycles. The molecule has 1 aromatic carbocycles. The van der Waals surface area contributed by atoms with Crippen molar-refractivity contribution in [2.45, 2.75) is 30.7 Å². The van der Waals surface area contributed by atoms with Gasteiger partial charge in [0.25, 0.3) is 0 Å². The Morgan fingerprint density at radius 1 is 1.44 bits per heavy atom. The lowest BCUT2D eigenvalue weighted by Crippen LogP contribution is -2.23. The van der Waals surface area contributed by atoms with Crippen LogP contribution in [0.2, 0.25) is 0 Å². The summed E-state index contributed by atoms with van der Waals surface area (Å²) in [5.74, 6) is 1.34. The van der Waals surface area contributed by atoms with Gasteiger partial charge in [0, 0.05) is 17.9 Å². The number of aromatic nitrogens is 1. The number of hydrogen-bond acceptors (Lipinski definition) is 3. The Bertz CT molecular complexity index is 506. The number of halogens is 1. The average Bonchev–Trinajstić information content (AvgIpc) is 2.94. The third-order valence-electron chi connectivity index (χ3n) is 3.61. The fourth-order valence-corrected chi connectivity index (χ4v) is 3.52. The normalized spacial score (nSPS) is 25.7. The van der Waals surface area contributed by atoms with E-state index < -0.39 is 0 Å². The highest BCUT2D eigenvalue weighted by Gasteiger charge is 2.31. The molecule has 0 amide bonds. The quantitative estimate of drug-likeness (QED) is 0.813. The molecule has 0 bridgehead atoms. The molecule has 3 rings (SSSR count). The van der Waals surface area contributed by atoms with Gasteiger partial charge >= 0.3 is 0 Å². The van der Waals surface area contributed by atoms with Crippen molar-refractivity contribution in [2.75, 3.05) is 6.61 Å². The minimum Gasteiger partial charge on any atom is -0.441 e. The van der Waals surface area contributed by atoms with Gasteiger partial charge in [-0.15, -0.1) is 0 Å². The van der Waals surface area contributed by atoms with Gasteiger partial charge in [0.05, 0.1) is 6.10 Å². The lowest BCUT2D eigenvalue weighted by atomic mass is 9.97. The molecule has 1 saturated heterocycles. The van der Waals surface area contributed by atoms with Crippen LogP contribution >= 0.6 is 15.9 Å². The molecular formula is C14H16BrNO2. The molecular weight excluding hydrogens is 294 g/mol. The summed E-state index contributed by atoms with van der Waals surface area (Å²) in [6.45, 7) is 3.00. The van der Waals surface area contributed by atoms with Crippen LogP contribution in [0.1, 0.15) is 19.2 Å². The largest absolute Gasteiger partial charge is 0.441 e. The van der Waals surface area contributed by atoms with Crippen molar-refractivity contribution < 1.29 is 9.15 Å². The van der Waals surface area contributed by atoms with Crippen molar-refractivity contribution in [2.24, 2.45) is 5.92 Å². The highest BCUT2D eigenvalue weighted by atomic mass is 79.9. The zero-order valence-corrected chi connectivity index (χ0v) is 11.9. The Morgan fingerprint density at radius 3 is 3.00 bits per heavy atom. The van der Waals surface area contributed by atoms with E-state index in [4.69, 9.17) is 9.15 Å². The standard InChI is InChI=1S/C14H16BrNO2/c1-9-10(6-7-17-9)11(15)8-14-16-12-4-2-3-5-13(12)18-14/h2-5,9-11H,6-8H2,1H3. The molecule has 0 radical (unpaired) electrons. The van der Waals surface area contributed by atoms with Gasteiger partial charge in [-0.25, -0.2) is 4.98 Å². The molecule has 4 heteroatoms. The smallest absolute Gasteiger partial charge is 0.196 e. The molecule has 0 saturated carbocycles. The summed E-state index contributed by atoms with van der Waals surface area (Å²) in [5.41, 5.74) is 1.80. The molecule has 18 heavy (non-hydrogen) atoms. The van der Waals surface area contributed by atoms with E-state index in [1.54, 1.807) is 0 Å². The number of oxazole rings is 1. The predicted octanol–water partition coefficient (Wildman–Crippen LogP) is 3.56. The molecule has 96 valence electrons. The molecule has 0 aliphatic carbocycles. The molecule has 1 aliphatic heterocycles. The zero-order chi connectivity index (χ0) is 12.5. The maximum atomic E-state index is 5.75. The summed E-state index contributed by atoms with van der Waals surface area (Å²) >= 11 is 3.76. The van der Waals surface area contributed by atoms with Crippen LogP contribution in [0.25, 0.3) is 11.1 Å². The number of hydrogen-bond donors (Lipinski definition) is 0. The van der Waals surface area contributed by atoms with Crippen LogP contribution in [0.5, 0.6) is 0 Å². The molecule has 0 N–H and O–H groups in total. The van der Waals surface area contributed by atoms with Crippen LogP contribution in [0, 0.1) is 5.92 Å². The van der Waals surface area contributed by atoms with Gasteiger partial charge in [0.1, 0.15) is 5.52 Å². The van der Waals surface area contributed by atoms with Crippen LogP contribution in [-0.4, -0.2) is 22.5 Å². The summed E-state index contributed by atoms with van der Waals surface area (Å²) in [6, 6.07) is 7.88. The first-order chi connectivity index (χ1) is 8.74. The second-order valence-electron chi connectivity index (χ2n) is 4.82. The van der Waals surface area contributed by atoms with E-state index in [0.29, 0.717) is 16.8 Å². The van der Waals surface area contributed by atoms with Crippen LogP contribution < -0.4 is 0 Å². The Hall–Kier alpha value is -0.870. The lowest BCUT2D eigenvalue weighted by molar-refractivity contribution is 0.105. The van der Waals surface area contributed by atoms with Crippen molar-refractivity contribution in [1.29, 1.82) is 0 Å². The Balaban J connectivity index is 1.75. The van der Waals surface area contributed by atoms with E-state index in [0.717, 1.165) is 36.4 Å². The average molecular weight is 310 g/mol. The van der Waals surface area contributed by atoms with Crippen LogP contribution in [0.3, 0.4) is 0 Å². The molecule has 1 aliphatic rings. The first kappa shape index (κ1) is 12.2. The number of nitrogens with zero attached hydrogens (tertiary/aromatic N) is 1. The lowest BCUT2D eigenvalue weighted by Gasteiger charge is -2.18. The van der Waals surface area contributed by atoms with Crippen LogP contribution in [-0.2, 0) is 11.2 Å². The fraction of sp³-hybridized carbons (Fsp3) is 0.500. The van der Waals surface area contributed by atoms with E-state index in [1.807, 2.05) is 24.3 Å². The van der Waals surface area contributed by atoms with E-state index in [2.05, 4.69) is 27.8 Å². The molecule has 3 unspecified atom stereocenters. The second-order valence-corrected chi connectivity index (χ2v) is 6.00. The van der Waals surface area contributed by atoms with Crippen LogP contribution in [0.15, 0.2) is 28.7 Å². The van der Waals surface area contributed by atoms with Gasteiger partial charge in [-0.1, -0.05) is 28.1 Å². The number of ether oxygens (including phenoxy) is 1. The maximum absolute atomic E-state index is 5.75. The van der Waals surface area contributed by atoms with Crippen molar-refractivity contribution in [3.63, 3.8) is 0 Å². The fourth-order valence-electron chi connectivity index (χ4n) is 2.55. The van der Waals surface area contributed by atoms with E-state index in [1.165, 1.54) is 0 Å². The van der Waals surface area contributed by atoms with Gasteiger partial charge in [0.2, 0.25) is 0 Å². The minimum atomic E-state index is 0.318. The first-order valence-electron chi connectivity index (χ1n) is 6.34. The topological polar surface area (TPSA) is 35.3 Å². The summed E-state index contributed by atoms with van der Waals surface area (Å²) in [6.07, 6.45) is 2.24. The Morgan fingerprint density at radius 2 is 2.28 bits per heavy atom. The number of fused-ring (bicyclic) bond motifs is 1. The Kier molecular flexibility index (Phi) is 3.39. The van der Waals surface area contributed by atoms with Crippen molar-refractivity contribution in [1.82, 2.24) is 4.98 Å². The van der Waals surface area contributed by atoms with E-state index in [-0.39, 0.29) is 0 Å². The molecule has 3 nitrogen and oxygen atoms in total. The maximum Gasteiger partial charge on any atom is 0.196 e. The van der Waals surface area contributed by atoms with E-state index in [9.17, 15) is 0 Å². The highest BCUT2D eigenvalue weighted by Crippen LogP contribution is 2.30.